The number of carbonyl (C=O) groups is 1. The quantitative estimate of drug-likeness (QED) is 0.536. The summed E-state index contributed by atoms with van der Waals surface area (Å²) >= 11 is 0. The SMILES string of the molecule is CCOC(=O)C(C)C(C)COc1ccc(Oc2ccc(C(F)(F)F)cc2)cc1. The lowest BCUT2D eigenvalue weighted by Crippen LogP contribution is -2.25. The Balaban J connectivity index is 1.88. The maximum Gasteiger partial charge on any atom is 0.416 e. The van der Waals surface area contributed by atoms with Gasteiger partial charge in [-0.3, -0.25) is 4.79 Å². The molecule has 2 atom stereocenters. The van der Waals surface area contributed by atoms with Crippen LogP contribution in [-0.2, 0) is 15.7 Å². The summed E-state index contributed by atoms with van der Waals surface area (Å²) in [5, 5.41) is 0. The first-order valence-electron chi connectivity index (χ1n) is 8.95. The molecule has 0 saturated carbocycles. The van der Waals surface area contributed by atoms with Crippen molar-refractivity contribution in [3.05, 3.63) is 54.1 Å². The minimum absolute atomic E-state index is 0.0258. The molecule has 0 radical (unpaired) electrons. The highest BCUT2D eigenvalue weighted by atomic mass is 19.4. The molecular weight excluding hydrogens is 373 g/mol. The van der Waals surface area contributed by atoms with Crippen LogP contribution in [0.5, 0.6) is 17.2 Å². The first-order chi connectivity index (χ1) is 13.2. The summed E-state index contributed by atoms with van der Waals surface area (Å²) in [6.45, 7) is 6.16. The molecule has 0 amide bonds. The van der Waals surface area contributed by atoms with Gasteiger partial charge in [-0.15, -0.1) is 0 Å². The molecule has 7 heteroatoms. The highest BCUT2D eigenvalue weighted by Crippen LogP contribution is 2.31. The van der Waals surface area contributed by atoms with E-state index in [-0.39, 0.29) is 17.8 Å². The Morgan fingerprint density at radius 1 is 0.929 bits per heavy atom. The number of hydrogen-bond acceptors (Lipinski definition) is 4. The molecule has 0 aliphatic carbocycles. The molecule has 28 heavy (non-hydrogen) atoms. The lowest BCUT2D eigenvalue weighted by atomic mass is 9.97. The van der Waals surface area contributed by atoms with E-state index in [4.69, 9.17) is 14.2 Å². The predicted molar refractivity (Wildman–Crippen MR) is 98.4 cm³/mol. The highest BCUT2D eigenvalue weighted by Gasteiger charge is 2.30. The van der Waals surface area contributed by atoms with Crippen molar-refractivity contribution in [2.24, 2.45) is 11.8 Å². The van der Waals surface area contributed by atoms with Crippen LogP contribution in [0.3, 0.4) is 0 Å². The monoisotopic (exact) mass is 396 g/mol. The van der Waals surface area contributed by atoms with Gasteiger partial charge in [0, 0.05) is 5.92 Å². The van der Waals surface area contributed by atoms with E-state index in [0.717, 1.165) is 12.1 Å². The zero-order valence-electron chi connectivity index (χ0n) is 16.0. The highest BCUT2D eigenvalue weighted by molar-refractivity contribution is 5.72. The van der Waals surface area contributed by atoms with E-state index >= 15 is 0 Å². The largest absolute Gasteiger partial charge is 0.493 e. The van der Waals surface area contributed by atoms with Gasteiger partial charge >= 0.3 is 12.1 Å². The molecule has 0 aliphatic rings. The maximum absolute atomic E-state index is 12.6. The molecule has 2 aromatic carbocycles. The van der Waals surface area contributed by atoms with Gasteiger partial charge in [0.05, 0.1) is 24.7 Å². The number of rotatable bonds is 8. The summed E-state index contributed by atoms with van der Waals surface area (Å²) < 4.78 is 53.9. The van der Waals surface area contributed by atoms with Crippen molar-refractivity contribution in [2.45, 2.75) is 26.9 Å². The van der Waals surface area contributed by atoms with Gasteiger partial charge in [-0.2, -0.15) is 13.2 Å². The first-order valence-corrected chi connectivity index (χ1v) is 8.95. The van der Waals surface area contributed by atoms with Crippen molar-refractivity contribution < 1.29 is 32.2 Å². The second-order valence-electron chi connectivity index (χ2n) is 6.42. The summed E-state index contributed by atoms with van der Waals surface area (Å²) in [7, 11) is 0. The van der Waals surface area contributed by atoms with E-state index in [2.05, 4.69) is 0 Å². The predicted octanol–water partition coefficient (Wildman–Crippen LogP) is 5.71. The number of esters is 1. The molecule has 152 valence electrons. The molecule has 0 aromatic heterocycles. The molecule has 2 aromatic rings. The molecule has 2 rings (SSSR count). The van der Waals surface area contributed by atoms with Crippen LogP contribution in [0.4, 0.5) is 13.2 Å². The zero-order valence-corrected chi connectivity index (χ0v) is 16.0. The fourth-order valence-electron chi connectivity index (χ4n) is 2.33. The number of ether oxygens (including phenoxy) is 3. The Hall–Kier alpha value is -2.70. The summed E-state index contributed by atoms with van der Waals surface area (Å²) in [5.74, 6) is 0.824. The van der Waals surface area contributed by atoms with E-state index in [1.165, 1.54) is 12.1 Å². The van der Waals surface area contributed by atoms with E-state index in [0.29, 0.717) is 30.5 Å². The average Bonchev–Trinajstić information content (AvgIpc) is 2.66. The second kappa shape index (κ2) is 9.48. The number of alkyl halides is 3. The van der Waals surface area contributed by atoms with Crippen LogP contribution >= 0.6 is 0 Å². The smallest absolute Gasteiger partial charge is 0.416 e. The molecular formula is C21H23F3O4. The third-order valence-corrected chi connectivity index (χ3v) is 4.27. The normalized spacial score (nSPS) is 13.5. The van der Waals surface area contributed by atoms with Crippen molar-refractivity contribution >= 4 is 5.97 Å². The Bertz CT molecular complexity index is 755. The molecule has 0 fully saturated rings. The molecule has 0 spiro atoms. The average molecular weight is 396 g/mol. The fraction of sp³-hybridized carbons (Fsp3) is 0.381. The number of carbonyl (C=O) groups excluding carboxylic acids is 1. The minimum Gasteiger partial charge on any atom is -0.493 e. The second-order valence-corrected chi connectivity index (χ2v) is 6.42. The Kier molecular flexibility index (Phi) is 7.31. The van der Waals surface area contributed by atoms with E-state index < -0.39 is 11.7 Å². The van der Waals surface area contributed by atoms with E-state index in [1.54, 1.807) is 38.1 Å². The van der Waals surface area contributed by atoms with Gasteiger partial charge in [-0.05, 0) is 55.5 Å². The van der Waals surface area contributed by atoms with Crippen molar-refractivity contribution in [3.8, 4) is 17.2 Å². The van der Waals surface area contributed by atoms with Gasteiger partial charge in [0.25, 0.3) is 0 Å². The standard InChI is InChI=1S/C21H23F3O4/c1-4-26-20(25)15(3)14(2)13-27-17-9-11-19(12-10-17)28-18-7-5-16(6-8-18)21(22,23)24/h5-12,14-15H,4,13H2,1-3H3. The number of benzene rings is 2. The Labute approximate surface area is 162 Å². The molecule has 0 aliphatic heterocycles. The lowest BCUT2D eigenvalue weighted by molar-refractivity contribution is -0.149. The van der Waals surface area contributed by atoms with E-state index in [1.807, 2.05) is 6.92 Å². The van der Waals surface area contributed by atoms with Crippen LogP contribution in [0.1, 0.15) is 26.3 Å². The Morgan fingerprint density at radius 2 is 1.43 bits per heavy atom. The third-order valence-electron chi connectivity index (χ3n) is 4.27. The van der Waals surface area contributed by atoms with Gasteiger partial charge < -0.3 is 14.2 Å². The van der Waals surface area contributed by atoms with Gasteiger partial charge in [0.2, 0.25) is 0 Å². The van der Waals surface area contributed by atoms with Crippen LogP contribution < -0.4 is 9.47 Å². The summed E-state index contributed by atoms with van der Waals surface area (Å²) in [5.41, 5.74) is -0.727. The maximum atomic E-state index is 12.6. The summed E-state index contributed by atoms with van der Waals surface area (Å²) in [6, 6.07) is 11.2. The molecule has 0 heterocycles. The van der Waals surface area contributed by atoms with E-state index in [9.17, 15) is 18.0 Å². The van der Waals surface area contributed by atoms with Gasteiger partial charge in [-0.1, -0.05) is 13.8 Å². The fourth-order valence-corrected chi connectivity index (χ4v) is 2.33. The van der Waals surface area contributed by atoms with Gasteiger partial charge in [0.1, 0.15) is 17.2 Å². The Morgan fingerprint density at radius 3 is 1.93 bits per heavy atom. The summed E-state index contributed by atoms with van der Waals surface area (Å²) in [6.07, 6.45) is -4.38. The van der Waals surface area contributed by atoms with Gasteiger partial charge in [-0.25, -0.2) is 0 Å². The third kappa shape index (κ3) is 6.18. The summed E-state index contributed by atoms with van der Waals surface area (Å²) in [4.78, 5) is 11.7. The van der Waals surface area contributed by atoms with Crippen molar-refractivity contribution in [2.75, 3.05) is 13.2 Å². The molecule has 0 bridgehead atoms. The minimum atomic E-state index is -4.38. The molecule has 0 saturated heterocycles. The van der Waals surface area contributed by atoms with Gasteiger partial charge in [0.15, 0.2) is 0 Å². The number of halogens is 3. The first kappa shape index (κ1) is 21.6. The van der Waals surface area contributed by atoms with Crippen molar-refractivity contribution in [1.82, 2.24) is 0 Å². The van der Waals surface area contributed by atoms with Crippen LogP contribution in [0, 0.1) is 11.8 Å². The number of hydrogen-bond donors (Lipinski definition) is 0. The molecule has 4 nitrogen and oxygen atoms in total. The van der Waals surface area contributed by atoms with Crippen molar-refractivity contribution in [3.63, 3.8) is 0 Å². The van der Waals surface area contributed by atoms with Crippen molar-refractivity contribution in [1.29, 1.82) is 0 Å². The van der Waals surface area contributed by atoms with Crippen LogP contribution in [0.15, 0.2) is 48.5 Å². The van der Waals surface area contributed by atoms with Crippen LogP contribution in [0.2, 0.25) is 0 Å². The zero-order chi connectivity index (χ0) is 20.7. The van der Waals surface area contributed by atoms with Crippen LogP contribution in [-0.4, -0.2) is 19.2 Å². The molecule has 0 N–H and O–H groups in total. The molecule has 2 unspecified atom stereocenters. The lowest BCUT2D eigenvalue weighted by Gasteiger charge is -2.19. The topological polar surface area (TPSA) is 44.8 Å². The van der Waals surface area contributed by atoms with Crippen LogP contribution in [0.25, 0.3) is 0 Å².